The van der Waals surface area contributed by atoms with Crippen molar-refractivity contribution < 1.29 is 0 Å². The molecule has 3 heteroatoms. The van der Waals surface area contributed by atoms with Crippen LogP contribution in [0.15, 0.2) is 206 Å². The summed E-state index contributed by atoms with van der Waals surface area (Å²) in [4.78, 5) is 13.9. The first-order chi connectivity index (χ1) is 28.2. The standard InChI is InChI=1S/C54H35N3/c1-3-11-41-31-43(27-19-35(41)9-1)37-17-25-40(26-18-37)54-56-51(33-52(57-54)44-28-20-36-10-2-4-12-42(36)32-44)39-23-21-38(22-24-39)46-29-30-50(49-16-8-7-15-48(46)49)53-47-14-6-5-13-45(47)34-55-53/h1-34,55H. The highest BCUT2D eigenvalue weighted by Gasteiger charge is 2.15. The van der Waals surface area contributed by atoms with Gasteiger partial charge in [-0.1, -0.05) is 182 Å². The van der Waals surface area contributed by atoms with E-state index in [1.807, 2.05) is 0 Å². The number of rotatable bonds is 6. The normalized spacial score (nSPS) is 11.5. The van der Waals surface area contributed by atoms with Crippen LogP contribution in [0.5, 0.6) is 0 Å². The average molecular weight is 726 g/mol. The summed E-state index contributed by atoms with van der Waals surface area (Å²) in [6.45, 7) is 0. The highest BCUT2D eigenvalue weighted by Crippen LogP contribution is 2.39. The van der Waals surface area contributed by atoms with Crippen molar-refractivity contribution in [3.05, 3.63) is 206 Å². The van der Waals surface area contributed by atoms with Gasteiger partial charge in [-0.25, -0.2) is 9.97 Å². The van der Waals surface area contributed by atoms with Crippen LogP contribution in [0.1, 0.15) is 0 Å². The van der Waals surface area contributed by atoms with Gasteiger partial charge in [-0.15, -0.1) is 0 Å². The molecule has 57 heavy (non-hydrogen) atoms. The van der Waals surface area contributed by atoms with E-state index in [4.69, 9.17) is 9.97 Å². The Labute approximate surface area is 330 Å². The van der Waals surface area contributed by atoms with E-state index >= 15 is 0 Å². The summed E-state index contributed by atoms with van der Waals surface area (Å²) in [6.07, 6.45) is 2.09. The third kappa shape index (κ3) is 5.94. The fourth-order valence-electron chi connectivity index (χ4n) is 8.29. The molecule has 1 N–H and O–H groups in total. The van der Waals surface area contributed by atoms with Gasteiger partial charge in [-0.2, -0.15) is 0 Å². The lowest BCUT2D eigenvalue weighted by molar-refractivity contribution is 1.18. The summed E-state index contributed by atoms with van der Waals surface area (Å²) in [5.41, 5.74) is 11.9. The maximum Gasteiger partial charge on any atom is 0.160 e. The van der Waals surface area contributed by atoms with Crippen molar-refractivity contribution in [2.24, 2.45) is 0 Å². The SMILES string of the molecule is c1ccc2cc(-c3ccc(-c4nc(-c5ccc(-c6ccc(-c7[nH]cc8ccccc78)c7ccccc67)cc5)cc(-c5ccc6ccccc6c5)n4)cc3)ccc2c1. The Kier molecular flexibility index (Phi) is 7.82. The summed E-state index contributed by atoms with van der Waals surface area (Å²) in [5, 5.41) is 9.75. The molecule has 0 fully saturated rings. The maximum atomic E-state index is 5.21. The largest absolute Gasteiger partial charge is 0.360 e. The van der Waals surface area contributed by atoms with Crippen molar-refractivity contribution >= 4 is 43.1 Å². The van der Waals surface area contributed by atoms with E-state index in [9.17, 15) is 0 Å². The number of aromatic nitrogens is 3. The zero-order chi connectivity index (χ0) is 37.7. The van der Waals surface area contributed by atoms with Crippen molar-refractivity contribution in [1.29, 1.82) is 0 Å². The molecule has 0 amide bonds. The van der Waals surface area contributed by atoms with Crippen LogP contribution in [0.2, 0.25) is 0 Å². The van der Waals surface area contributed by atoms with E-state index in [1.165, 1.54) is 59.8 Å². The smallest absolute Gasteiger partial charge is 0.160 e. The first-order valence-electron chi connectivity index (χ1n) is 19.4. The second-order valence-electron chi connectivity index (χ2n) is 14.7. The zero-order valence-electron chi connectivity index (χ0n) is 31.0. The molecule has 2 aromatic heterocycles. The molecule has 2 heterocycles. The number of nitrogens with one attached hydrogen (secondary N) is 1. The molecule has 0 radical (unpaired) electrons. The summed E-state index contributed by atoms with van der Waals surface area (Å²) in [7, 11) is 0. The van der Waals surface area contributed by atoms with E-state index in [-0.39, 0.29) is 0 Å². The van der Waals surface area contributed by atoms with Crippen LogP contribution in [0, 0.1) is 0 Å². The van der Waals surface area contributed by atoms with Gasteiger partial charge in [0, 0.05) is 33.8 Å². The molecule has 0 atom stereocenters. The van der Waals surface area contributed by atoms with Crippen molar-refractivity contribution in [2.75, 3.05) is 0 Å². The fraction of sp³-hybridized carbons (Fsp3) is 0. The molecule has 0 spiro atoms. The molecule has 0 bridgehead atoms. The summed E-state index contributed by atoms with van der Waals surface area (Å²) in [5.74, 6) is 0.697. The Morgan fingerprint density at radius 2 is 0.772 bits per heavy atom. The van der Waals surface area contributed by atoms with Crippen LogP contribution >= 0.6 is 0 Å². The number of aromatic amines is 1. The third-order valence-electron chi connectivity index (χ3n) is 11.3. The van der Waals surface area contributed by atoms with Crippen molar-refractivity contribution in [3.63, 3.8) is 0 Å². The zero-order valence-corrected chi connectivity index (χ0v) is 31.0. The molecule has 3 nitrogen and oxygen atoms in total. The lowest BCUT2D eigenvalue weighted by Crippen LogP contribution is -1.96. The van der Waals surface area contributed by atoms with Gasteiger partial charge in [0.15, 0.2) is 5.82 Å². The molecular formula is C54H35N3. The van der Waals surface area contributed by atoms with Crippen molar-refractivity contribution in [3.8, 4) is 67.4 Å². The third-order valence-corrected chi connectivity index (χ3v) is 11.3. The number of fused-ring (bicyclic) bond motifs is 4. The molecule has 266 valence electrons. The topological polar surface area (TPSA) is 41.6 Å². The second-order valence-corrected chi connectivity index (χ2v) is 14.7. The predicted molar refractivity (Wildman–Crippen MR) is 239 cm³/mol. The van der Waals surface area contributed by atoms with Gasteiger partial charge in [0.2, 0.25) is 0 Å². The van der Waals surface area contributed by atoms with E-state index < -0.39 is 0 Å². The van der Waals surface area contributed by atoms with Gasteiger partial charge in [-0.3, -0.25) is 0 Å². The van der Waals surface area contributed by atoms with Crippen LogP contribution in [0.3, 0.4) is 0 Å². The van der Waals surface area contributed by atoms with Gasteiger partial charge in [0.1, 0.15) is 0 Å². The molecule has 0 aliphatic carbocycles. The Hall–Kier alpha value is -7.62. The van der Waals surface area contributed by atoms with E-state index in [0.29, 0.717) is 5.82 Å². The highest BCUT2D eigenvalue weighted by atomic mass is 14.9. The number of nitrogens with zero attached hydrogens (tertiary/aromatic N) is 2. The van der Waals surface area contributed by atoms with Gasteiger partial charge in [0.05, 0.1) is 17.1 Å². The molecule has 11 rings (SSSR count). The number of hydrogen-bond donors (Lipinski definition) is 1. The van der Waals surface area contributed by atoms with Crippen LogP contribution in [0.25, 0.3) is 111 Å². The van der Waals surface area contributed by atoms with Crippen LogP contribution in [-0.2, 0) is 0 Å². The van der Waals surface area contributed by atoms with Crippen molar-refractivity contribution in [1.82, 2.24) is 15.0 Å². The first-order valence-corrected chi connectivity index (χ1v) is 19.4. The molecule has 9 aromatic carbocycles. The maximum absolute atomic E-state index is 5.21. The van der Waals surface area contributed by atoms with Gasteiger partial charge in [0.25, 0.3) is 0 Å². The minimum atomic E-state index is 0.697. The first kappa shape index (κ1) is 32.8. The number of H-pyrrole nitrogens is 1. The van der Waals surface area contributed by atoms with Crippen LogP contribution in [-0.4, -0.2) is 15.0 Å². The predicted octanol–water partition coefficient (Wildman–Crippen LogP) is 14.4. The molecule has 11 aromatic rings. The monoisotopic (exact) mass is 725 g/mol. The number of benzene rings is 9. The Balaban J connectivity index is 0.984. The molecule has 0 aliphatic heterocycles. The van der Waals surface area contributed by atoms with Crippen molar-refractivity contribution in [2.45, 2.75) is 0 Å². The van der Waals surface area contributed by atoms with E-state index in [2.05, 4.69) is 211 Å². The minimum absolute atomic E-state index is 0.697. The van der Waals surface area contributed by atoms with Crippen LogP contribution < -0.4 is 0 Å². The Morgan fingerprint density at radius 1 is 0.298 bits per heavy atom. The molecule has 0 saturated carbocycles. The molecule has 0 saturated heterocycles. The minimum Gasteiger partial charge on any atom is -0.360 e. The molecular weight excluding hydrogens is 691 g/mol. The van der Waals surface area contributed by atoms with Gasteiger partial charge < -0.3 is 4.98 Å². The highest BCUT2D eigenvalue weighted by molar-refractivity contribution is 6.09. The molecule has 0 aliphatic rings. The Bertz CT molecular complexity index is 3280. The summed E-state index contributed by atoms with van der Waals surface area (Å²) >= 11 is 0. The van der Waals surface area contributed by atoms with Gasteiger partial charge in [-0.05, 0) is 78.2 Å². The quantitative estimate of drug-likeness (QED) is 0.185. The van der Waals surface area contributed by atoms with E-state index in [0.717, 1.165) is 44.9 Å². The fourth-order valence-corrected chi connectivity index (χ4v) is 8.29. The Morgan fingerprint density at radius 3 is 1.47 bits per heavy atom. The summed E-state index contributed by atoms with van der Waals surface area (Å²) in [6, 6.07) is 71.5. The van der Waals surface area contributed by atoms with E-state index in [1.54, 1.807) is 0 Å². The van der Waals surface area contributed by atoms with Gasteiger partial charge >= 0.3 is 0 Å². The van der Waals surface area contributed by atoms with Crippen LogP contribution in [0.4, 0.5) is 0 Å². The number of hydrogen-bond acceptors (Lipinski definition) is 2. The average Bonchev–Trinajstić information content (AvgIpc) is 3.72. The lowest BCUT2D eigenvalue weighted by atomic mass is 9.92. The summed E-state index contributed by atoms with van der Waals surface area (Å²) < 4.78 is 0. The lowest BCUT2D eigenvalue weighted by Gasteiger charge is -2.13. The second kappa shape index (κ2) is 13.6. The molecule has 0 unspecified atom stereocenters.